The smallest absolute Gasteiger partial charge is 0.337 e. The quantitative estimate of drug-likeness (QED) is 0.275. The Balaban J connectivity index is 0.00000323. The molecule has 7 nitrogen and oxygen atoms in total. The van der Waals surface area contributed by atoms with E-state index in [0.717, 1.165) is 47.4 Å². The Bertz CT molecular complexity index is 1390. The van der Waals surface area contributed by atoms with Crippen molar-refractivity contribution in [2.75, 3.05) is 24.3 Å². The molecule has 0 unspecified atom stereocenters. The summed E-state index contributed by atoms with van der Waals surface area (Å²) < 4.78 is 0. The highest BCUT2D eigenvalue weighted by Gasteiger charge is 2.50. The molecular weight excluding hydrogens is 524 g/mol. The lowest BCUT2D eigenvalue weighted by Crippen LogP contribution is -2.46. The lowest BCUT2D eigenvalue weighted by atomic mass is 9.48. The average Bonchev–Trinajstić information content (AvgIpc) is 3.31. The molecule has 0 spiro atoms. The molecule has 0 radical (unpaired) electrons. The molecule has 40 heavy (non-hydrogen) atoms. The van der Waals surface area contributed by atoms with Crippen LogP contribution in [-0.2, 0) is 6.42 Å². The Morgan fingerprint density at radius 1 is 1.05 bits per heavy atom. The molecule has 212 valence electrons. The Labute approximate surface area is 242 Å². The number of carboxylic acid groups (broad SMARTS) is 1. The van der Waals surface area contributed by atoms with Gasteiger partial charge in [-0.2, -0.15) is 0 Å². The zero-order valence-corrected chi connectivity index (χ0v) is 24.3. The number of halogens is 1. The van der Waals surface area contributed by atoms with Gasteiger partial charge in [0.25, 0.3) is 5.91 Å². The van der Waals surface area contributed by atoms with Crippen molar-refractivity contribution in [1.82, 2.24) is 9.97 Å². The van der Waals surface area contributed by atoms with Crippen LogP contribution in [-0.4, -0.2) is 41.0 Å². The predicted octanol–water partition coefficient (Wildman–Crippen LogP) is 6.97. The van der Waals surface area contributed by atoms with E-state index in [-0.39, 0.29) is 23.9 Å². The summed E-state index contributed by atoms with van der Waals surface area (Å²) in [4.78, 5) is 35.6. The van der Waals surface area contributed by atoms with Crippen LogP contribution in [0.25, 0.3) is 11.4 Å². The third-order valence-electron chi connectivity index (χ3n) is 9.43. The fourth-order valence-corrected chi connectivity index (χ4v) is 8.10. The monoisotopic (exact) mass is 562 g/mol. The van der Waals surface area contributed by atoms with Crippen molar-refractivity contribution < 1.29 is 14.7 Å². The molecule has 2 aromatic carbocycles. The molecule has 4 saturated carbocycles. The van der Waals surface area contributed by atoms with Crippen LogP contribution in [0.5, 0.6) is 0 Å². The number of aromatic carboxylic acids is 1. The molecular formula is C32H39ClN4O3. The number of carboxylic acids is 1. The van der Waals surface area contributed by atoms with Crippen molar-refractivity contribution in [1.29, 1.82) is 0 Å². The van der Waals surface area contributed by atoms with Gasteiger partial charge in [0, 0.05) is 31.0 Å². The van der Waals surface area contributed by atoms with Crippen LogP contribution in [0, 0.1) is 30.1 Å². The number of nitrogens with zero attached hydrogens (tertiary/aromatic N) is 2. The number of amides is 1. The van der Waals surface area contributed by atoms with Crippen LogP contribution in [0.4, 0.5) is 11.4 Å². The first-order valence-electron chi connectivity index (χ1n) is 14.2. The molecule has 0 atom stereocenters. The lowest BCUT2D eigenvalue weighted by Gasteiger charge is -2.57. The van der Waals surface area contributed by atoms with Gasteiger partial charge in [0.2, 0.25) is 0 Å². The van der Waals surface area contributed by atoms with Gasteiger partial charge in [-0.15, -0.1) is 12.4 Å². The number of hydrogen-bond acceptors (Lipinski definition) is 4. The third-order valence-corrected chi connectivity index (χ3v) is 9.43. The van der Waals surface area contributed by atoms with Gasteiger partial charge in [0.1, 0.15) is 11.5 Å². The first-order valence-corrected chi connectivity index (χ1v) is 14.2. The molecule has 4 aliphatic rings. The topological polar surface area (TPSA) is 98.3 Å². The van der Waals surface area contributed by atoms with E-state index in [2.05, 4.69) is 10.3 Å². The Hall–Kier alpha value is -3.32. The molecule has 1 aromatic heterocycles. The highest BCUT2D eigenvalue weighted by atomic mass is 35.5. The molecule has 0 aliphatic heterocycles. The maximum Gasteiger partial charge on any atom is 0.337 e. The van der Waals surface area contributed by atoms with Crippen LogP contribution in [0.2, 0.25) is 0 Å². The molecule has 7 rings (SSSR count). The van der Waals surface area contributed by atoms with Crippen molar-refractivity contribution >= 4 is 35.7 Å². The molecule has 8 heteroatoms. The van der Waals surface area contributed by atoms with E-state index in [1.165, 1.54) is 44.6 Å². The molecule has 3 N–H and O–H groups in total. The minimum Gasteiger partial charge on any atom is -0.478 e. The molecule has 1 amide bonds. The summed E-state index contributed by atoms with van der Waals surface area (Å²) in [6, 6.07) is 13.0. The number of carbonyl (C=O) groups is 2. The summed E-state index contributed by atoms with van der Waals surface area (Å²) in [5.74, 6) is 2.01. The van der Waals surface area contributed by atoms with Crippen LogP contribution in [0.3, 0.4) is 0 Å². The van der Waals surface area contributed by atoms with E-state index in [1.54, 1.807) is 31.1 Å². The largest absolute Gasteiger partial charge is 0.478 e. The van der Waals surface area contributed by atoms with E-state index in [4.69, 9.17) is 4.98 Å². The summed E-state index contributed by atoms with van der Waals surface area (Å²) >= 11 is 0. The molecule has 4 bridgehead atoms. The van der Waals surface area contributed by atoms with Gasteiger partial charge >= 0.3 is 5.97 Å². The average molecular weight is 563 g/mol. The second kappa shape index (κ2) is 10.9. The maximum atomic E-state index is 13.6. The highest BCUT2D eigenvalue weighted by Crippen LogP contribution is 2.61. The van der Waals surface area contributed by atoms with E-state index in [9.17, 15) is 14.7 Å². The minimum atomic E-state index is -1.03. The number of aromatic nitrogens is 2. The first kappa shape index (κ1) is 28.2. The van der Waals surface area contributed by atoms with Crippen molar-refractivity contribution in [3.63, 3.8) is 0 Å². The standard InChI is InChI=1S/C32H38N4O3.ClH/c1-19-6-4-5-7-24(19)29-34-26(10-11-32-16-20-12-21(17-32)14-22(13-20)18-32)28(35-29)30(37)33-23-8-9-27(36(2)3)25(15-23)31(38)39;/h4-9,15,20-22H,10-14,16-18H2,1-3H3,(H,33,37)(H,34,35)(H,38,39);1H. The van der Waals surface area contributed by atoms with E-state index < -0.39 is 5.97 Å². The molecule has 0 saturated heterocycles. The van der Waals surface area contributed by atoms with E-state index >= 15 is 0 Å². The van der Waals surface area contributed by atoms with Gasteiger partial charge in [-0.25, -0.2) is 9.78 Å². The molecule has 4 fully saturated rings. The number of anilines is 2. The van der Waals surface area contributed by atoms with Gasteiger partial charge in [0.05, 0.1) is 11.3 Å². The van der Waals surface area contributed by atoms with Gasteiger partial charge in [0.15, 0.2) is 0 Å². The number of hydrogen-bond donors (Lipinski definition) is 3. The van der Waals surface area contributed by atoms with Crippen molar-refractivity contribution in [2.45, 2.75) is 58.3 Å². The number of aromatic amines is 1. The Morgan fingerprint density at radius 3 is 2.30 bits per heavy atom. The lowest BCUT2D eigenvalue weighted by molar-refractivity contribution is -0.0570. The van der Waals surface area contributed by atoms with Crippen molar-refractivity contribution in [3.05, 3.63) is 65.0 Å². The van der Waals surface area contributed by atoms with Gasteiger partial charge in [-0.1, -0.05) is 24.3 Å². The minimum absolute atomic E-state index is 0. The fourth-order valence-electron chi connectivity index (χ4n) is 8.10. The third kappa shape index (κ3) is 5.36. The number of benzene rings is 2. The van der Waals surface area contributed by atoms with E-state index in [0.29, 0.717) is 28.3 Å². The number of rotatable bonds is 8. The van der Waals surface area contributed by atoms with Gasteiger partial charge in [-0.3, -0.25) is 4.79 Å². The number of aryl methyl sites for hydroxylation is 2. The SMILES string of the molecule is Cc1ccccc1-c1nc(C(=O)Nc2ccc(N(C)C)c(C(=O)O)c2)c(CCC23CC4CC(CC(C4)C2)C3)[nH]1.Cl. The van der Waals surface area contributed by atoms with Crippen LogP contribution in [0.1, 0.15) is 77.0 Å². The normalized spacial score (nSPS) is 24.4. The zero-order valence-electron chi connectivity index (χ0n) is 23.5. The summed E-state index contributed by atoms with van der Waals surface area (Å²) in [5.41, 5.74) is 4.90. The number of nitrogens with one attached hydrogen (secondary N) is 2. The van der Waals surface area contributed by atoms with Crippen LogP contribution >= 0.6 is 12.4 Å². The first-order chi connectivity index (χ1) is 18.7. The zero-order chi connectivity index (χ0) is 27.3. The molecule has 3 aromatic rings. The summed E-state index contributed by atoms with van der Waals surface area (Å²) in [5, 5.41) is 12.6. The number of H-pyrrole nitrogens is 1. The summed E-state index contributed by atoms with van der Waals surface area (Å²) in [7, 11) is 3.60. The van der Waals surface area contributed by atoms with Gasteiger partial charge in [-0.05, 0) is 105 Å². The number of imidazole rings is 1. The van der Waals surface area contributed by atoms with Crippen molar-refractivity contribution in [3.8, 4) is 11.4 Å². The Kier molecular flexibility index (Phi) is 7.71. The molecule has 4 aliphatic carbocycles. The second-order valence-electron chi connectivity index (χ2n) is 12.5. The van der Waals surface area contributed by atoms with Crippen LogP contribution < -0.4 is 10.2 Å². The van der Waals surface area contributed by atoms with Crippen LogP contribution in [0.15, 0.2) is 42.5 Å². The van der Waals surface area contributed by atoms with Gasteiger partial charge < -0.3 is 20.3 Å². The number of carbonyl (C=O) groups excluding carboxylic acids is 1. The fraction of sp³-hybridized carbons (Fsp3) is 0.469. The highest BCUT2D eigenvalue weighted by molar-refractivity contribution is 6.05. The predicted molar refractivity (Wildman–Crippen MR) is 161 cm³/mol. The molecule has 1 heterocycles. The van der Waals surface area contributed by atoms with Crippen molar-refractivity contribution in [2.24, 2.45) is 23.2 Å². The second-order valence-corrected chi connectivity index (χ2v) is 12.5. The summed E-state index contributed by atoms with van der Waals surface area (Å²) in [6.45, 7) is 2.05. The Morgan fingerprint density at radius 2 is 1.70 bits per heavy atom. The maximum absolute atomic E-state index is 13.6. The summed E-state index contributed by atoms with van der Waals surface area (Å²) in [6.07, 6.45) is 10.1. The van der Waals surface area contributed by atoms with E-state index in [1.807, 2.05) is 31.2 Å².